The zero-order valence-electron chi connectivity index (χ0n) is 10.0. The Morgan fingerprint density at radius 2 is 2.06 bits per heavy atom. The van der Waals surface area contributed by atoms with Crippen molar-refractivity contribution >= 4 is 28.9 Å². The Morgan fingerprint density at radius 1 is 1.47 bits per heavy atom. The van der Waals surface area contributed by atoms with Gasteiger partial charge >= 0.3 is 6.03 Å². The van der Waals surface area contributed by atoms with E-state index in [1.54, 1.807) is 11.9 Å². The Morgan fingerprint density at radius 3 is 2.59 bits per heavy atom. The van der Waals surface area contributed by atoms with Crippen molar-refractivity contribution < 1.29 is 4.79 Å². The number of amides is 2. The van der Waals surface area contributed by atoms with Crippen molar-refractivity contribution in [3.8, 4) is 0 Å². The molecule has 92 valence electrons. The molecule has 0 aliphatic rings. The number of hydrogen-bond donors (Lipinski definition) is 2. The highest BCUT2D eigenvalue weighted by molar-refractivity contribution is 7.80. The number of nitrogens with one attached hydrogen (secondary N) is 1. The van der Waals surface area contributed by atoms with E-state index in [4.69, 9.17) is 18.0 Å². The van der Waals surface area contributed by atoms with Crippen LogP contribution in [0, 0.1) is 0 Å². The van der Waals surface area contributed by atoms with Crippen LogP contribution in [-0.2, 0) is 0 Å². The van der Waals surface area contributed by atoms with Gasteiger partial charge in [0.05, 0.1) is 4.99 Å². The fourth-order valence-corrected chi connectivity index (χ4v) is 1.60. The van der Waals surface area contributed by atoms with E-state index < -0.39 is 0 Å². The van der Waals surface area contributed by atoms with Crippen molar-refractivity contribution in [3.63, 3.8) is 0 Å². The molecule has 3 N–H and O–H groups in total. The maximum absolute atomic E-state index is 11.9. The summed E-state index contributed by atoms with van der Waals surface area (Å²) in [5.41, 5.74) is 6.23. The molecule has 1 unspecified atom stereocenters. The number of rotatable bonds is 4. The zero-order chi connectivity index (χ0) is 12.8. The Bertz CT molecular complexity index is 394. The molecular formula is C12H17N3OS. The van der Waals surface area contributed by atoms with Gasteiger partial charge in [-0.2, -0.15) is 0 Å². The molecule has 2 amide bonds. The first-order valence-corrected chi connectivity index (χ1v) is 5.78. The molecule has 0 saturated heterocycles. The topological polar surface area (TPSA) is 58.4 Å². The summed E-state index contributed by atoms with van der Waals surface area (Å²) in [7, 11) is 1.72. The van der Waals surface area contributed by atoms with E-state index in [1.807, 2.05) is 37.3 Å². The summed E-state index contributed by atoms with van der Waals surface area (Å²) in [6, 6.07) is 9.13. The first-order valence-electron chi connectivity index (χ1n) is 5.38. The third kappa shape index (κ3) is 4.40. The fourth-order valence-electron chi connectivity index (χ4n) is 1.36. The van der Waals surface area contributed by atoms with Crippen LogP contribution in [0.15, 0.2) is 30.3 Å². The molecule has 1 atom stereocenters. The van der Waals surface area contributed by atoms with Gasteiger partial charge in [0, 0.05) is 25.2 Å². The maximum Gasteiger partial charge on any atom is 0.321 e. The van der Waals surface area contributed by atoms with Crippen LogP contribution in [-0.4, -0.2) is 29.0 Å². The Labute approximate surface area is 107 Å². The van der Waals surface area contributed by atoms with Gasteiger partial charge in [0.25, 0.3) is 0 Å². The number of benzene rings is 1. The van der Waals surface area contributed by atoms with Crippen LogP contribution in [0.2, 0.25) is 0 Å². The van der Waals surface area contributed by atoms with Crippen LogP contribution in [0.1, 0.15) is 13.3 Å². The van der Waals surface area contributed by atoms with E-state index in [-0.39, 0.29) is 12.1 Å². The SMILES string of the molecule is CC(CC(N)=S)N(C)C(=O)Nc1ccccc1. The van der Waals surface area contributed by atoms with Crippen molar-refractivity contribution in [1.29, 1.82) is 0 Å². The normalized spacial score (nSPS) is 11.6. The van der Waals surface area contributed by atoms with Gasteiger partial charge in [0.15, 0.2) is 0 Å². The van der Waals surface area contributed by atoms with Crippen molar-refractivity contribution in [3.05, 3.63) is 30.3 Å². The molecule has 5 heteroatoms. The lowest BCUT2D eigenvalue weighted by Gasteiger charge is -2.24. The second-order valence-corrected chi connectivity index (χ2v) is 4.45. The predicted octanol–water partition coefficient (Wildman–Crippen LogP) is 2.22. The minimum atomic E-state index is -0.167. The van der Waals surface area contributed by atoms with E-state index in [1.165, 1.54) is 0 Å². The highest BCUT2D eigenvalue weighted by atomic mass is 32.1. The molecule has 0 aromatic heterocycles. The van der Waals surface area contributed by atoms with Crippen LogP contribution in [0.25, 0.3) is 0 Å². The molecule has 1 aromatic rings. The number of thiocarbonyl (C=S) groups is 1. The predicted molar refractivity (Wildman–Crippen MR) is 74.1 cm³/mol. The molecule has 0 aliphatic carbocycles. The van der Waals surface area contributed by atoms with E-state index in [9.17, 15) is 4.79 Å². The lowest BCUT2D eigenvalue weighted by atomic mass is 10.2. The highest BCUT2D eigenvalue weighted by Gasteiger charge is 2.16. The lowest BCUT2D eigenvalue weighted by Crippen LogP contribution is -2.40. The summed E-state index contributed by atoms with van der Waals surface area (Å²) >= 11 is 4.83. The minimum absolute atomic E-state index is 0.0174. The molecule has 0 heterocycles. The number of carbonyl (C=O) groups excluding carboxylic acids is 1. The number of nitrogens with two attached hydrogens (primary N) is 1. The van der Waals surface area contributed by atoms with Crippen LogP contribution in [0.3, 0.4) is 0 Å². The van der Waals surface area contributed by atoms with Crippen molar-refractivity contribution in [2.75, 3.05) is 12.4 Å². The van der Waals surface area contributed by atoms with Crippen LogP contribution in [0.5, 0.6) is 0 Å². The molecule has 17 heavy (non-hydrogen) atoms. The van der Waals surface area contributed by atoms with Gasteiger partial charge in [0.2, 0.25) is 0 Å². The average molecular weight is 251 g/mol. The van der Waals surface area contributed by atoms with E-state index in [0.29, 0.717) is 11.4 Å². The Hall–Kier alpha value is -1.62. The van der Waals surface area contributed by atoms with Crippen molar-refractivity contribution in [2.45, 2.75) is 19.4 Å². The summed E-state index contributed by atoms with van der Waals surface area (Å²) in [6.45, 7) is 1.91. The van der Waals surface area contributed by atoms with Crippen molar-refractivity contribution in [1.82, 2.24) is 4.90 Å². The van der Waals surface area contributed by atoms with Crippen LogP contribution in [0.4, 0.5) is 10.5 Å². The first kappa shape index (κ1) is 13.4. The van der Waals surface area contributed by atoms with Gasteiger partial charge in [-0.25, -0.2) is 4.79 Å². The number of urea groups is 1. The molecule has 0 radical (unpaired) electrons. The molecule has 1 aromatic carbocycles. The smallest absolute Gasteiger partial charge is 0.321 e. The molecule has 4 nitrogen and oxygen atoms in total. The Kier molecular flexibility index (Phi) is 4.90. The summed E-state index contributed by atoms with van der Waals surface area (Å²) in [5, 5.41) is 2.80. The summed E-state index contributed by atoms with van der Waals surface area (Å²) < 4.78 is 0. The second kappa shape index (κ2) is 6.20. The third-order valence-electron chi connectivity index (χ3n) is 2.50. The number of carbonyl (C=O) groups is 1. The van der Waals surface area contributed by atoms with Gasteiger partial charge in [0.1, 0.15) is 0 Å². The largest absolute Gasteiger partial charge is 0.393 e. The number of para-hydroxylation sites is 1. The molecule has 0 bridgehead atoms. The van der Waals surface area contributed by atoms with Crippen LogP contribution >= 0.6 is 12.2 Å². The van der Waals surface area contributed by atoms with Crippen LogP contribution < -0.4 is 11.1 Å². The van der Waals surface area contributed by atoms with E-state index in [2.05, 4.69) is 5.32 Å². The van der Waals surface area contributed by atoms with Gasteiger partial charge in [-0.1, -0.05) is 30.4 Å². The molecule has 0 fully saturated rings. The first-order chi connectivity index (χ1) is 8.00. The maximum atomic E-state index is 11.9. The second-order valence-electron chi connectivity index (χ2n) is 3.93. The summed E-state index contributed by atoms with van der Waals surface area (Å²) in [5.74, 6) is 0. The highest BCUT2D eigenvalue weighted by Crippen LogP contribution is 2.08. The standard InChI is InChI=1S/C12H17N3OS/c1-9(8-11(13)17)15(2)12(16)14-10-6-4-3-5-7-10/h3-7,9H,8H2,1-2H3,(H2,13,17)(H,14,16). The molecule has 1 rings (SSSR count). The quantitative estimate of drug-likeness (QED) is 0.807. The number of hydrogen-bond acceptors (Lipinski definition) is 2. The van der Waals surface area contributed by atoms with Crippen molar-refractivity contribution in [2.24, 2.45) is 5.73 Å². The zero-order valence-corrected chi connectivity index (χ0v) is 10.8. The Balaban J connectivity index is 2.55. The summed E-state index contributed by atoms with van der Waals surface area (Å²) in [4.78, 5) is 13.9. The molecule has 0 spiro atoms. The number of nitrogens with zero attached hydrogens (tertiary/aromatic N) is 1. The average Bonchev–Trinajstić information content (AvgIpc) is 2.28. The fraction of sp³-hybridized carbons (Fsp3) is 0.333. The molecular weight excluding hydrogens is 234 g/mol. The van der Waals surface area contributed by atoms with E-state index in [0.717, 1.165) is 5.69 Å². The van der Waals surface area contributed by atoms with Gasteiger partial charge in [-0.15, -0.1) is 0 Å². The summed E-state index contributed by atoms with van der Waals surface area (Å²) in [6.07, 6.45) is 0.522. The minimum Gasteiger partial charge on any atom is -0.393 e. The molecule has 0 saturated carbocycles. The monoisotopic (exact) mass is 251 g/mol. The van der Waals surface area contributed by atoms with E-state index >= 15 is 0 Å². The lowest BCUT2D eigenvalue weighted by molar-refractivity contribution is 0.209. The number of anilines is 1. The molecule has 0 aliphatic heterocycles. The van der Waals surface area contributed by atoms with Gasteiger partial charge in [-0.3, -0.25) is 0 Å². The van der Waals surface area contributed by atoms with Gasteiger partial charge in [-0.05, 0) is 19.1 Å². The van der Waals surface area contributed by atoms with Gasteiger partial charge < -0.3 is 16.0 Å². The third-order valence-corrected chi connectivity index (χ3v) is 2.67.